The van der Waals surface area contributed by atoms with Gasteiger partial charge in [-0.3, -0.25) is 10.1 Å². The first-order chi connectivity index (χ1) is 9.51. The fraction of sp³-hybridized carbons (Fsp3) is 0.154. The van der Waals surface area contributed by atoms with Gasteiger partial charge in [0.25, 0.3) is 5.69 Å². The summed E-state index contributed by atoms with van der Waals surface area (Å²) in [5, 5.41) is 11.0. The third-order valence-corrected chi connectivity index (χ3v) is 2.81. The van der Waals surface area contributed by atoms with Gasteiger partial charge in [0.15, 0.2) is 11.5 Å². The summed E-state index contributed by atoms with van der Waals surface area (Å²) in [4.78, 5) is 14.1. The van der Waals surface area contributed by atoms with E-state index >= 15 is 0 Å². The van der Waals surface area contributed by atoms with Crippen LogP contribution < -0.4 is 9.47 Å². The van der Waals surface area contributed by atoms with Gasteiger partial charge in [0.2, 0.25) is 0 Å². The van der Waals surface area contributed by atoms with E-state index in [4.69, 9.17) is 21.1 Å². The number of nitro benzene ring substituents is 1. The summed E-state index contributed by atoms with van der Waals surface area (Å²) in [6, 6.07) is 5.69. The highest BCUT2D eigenvalue weighted by molar-refractivity contribution is 6.29. The standard InChI is InChI=1S/C13H11ClN2O4/c1-8-7-15-13(14)6-11(8)20-10-4-3-9(16(17)18)5-12(10)19-2/h3-7H,1-2H3. The van der Waals surface area contributed by atoms with Crippen LogP contribution in [0.3, 0.4) is 0 Å². The summed E-state index contributed by atoms with van der Waals surface area (Å²) < 4.78 is 10.8. The second kappa shape index (κ2) is 5.75. The summed E-state index contributed by atoms with van der Waals surface area (Å²) >= 11 is 5.81. The fourth-order valence-electron chi connectivity index (χ4n) is 1.56. The van der Waals surface area contributed by atoms with Crippen molar-refractivity contribution in [2.75, 3.05) is 7.11 Å². The van der Waals surface area contributed by atoms with Crippen LogP contribution in [-0.2, 0) is 0 Å². The zero-order valence-electron chi connectivity index (χ0n) is 10.8. The van der Waals surface area contributed by atoms with Crippen LogP contribution in [0.5, 0.6) is 17.2 Å². The number of ether oxygens (including phenoxy) is 2. The van der Waals surface area contributed by atoms with Crippen LogP contribution in [0.25, 0.3) is 0 Å². The average Bonchev–Trinajstić information content (AvgIpc) is 2.43. The predicted molar refractivity (Wildman–Crippen MR) is 73.7 cm³/mol. The molecule has 0 unspecified atom stereocenters. The lowest BCUT2D eigenvalue weighted by Crippen LogP contribution is -1.95. The minimum Gasteiger partial charge on any atom is -0.493 e. The third-order valence-electron chi connectivity index (χ3n) is 2.60. The largest absolute Gasteiger partial charge is 0.493 e. The first-order valence-corrected chi connectivity index (χ1v) is 6.01. The van der Waals surface area contributed by atoms with Crippen LogP contribution in [0.1, 0.15) is 5.56 Å². The molecule has 1 aromatic heterocycles. The number of aryl methyl sites for hydroxylation is 1. The molecule has 2 rings (SSSR count). The molecule has 2 aromatic rings. The van der Waals surface area contributed by atoms with Crippen molar-refractivity contribution in [2.24, 2.45) is 0 Å². The lowest BCUT2D eigenvalue weighted by atomic mass is 10.2. The summed E-state index contributed by atoms with van der Waals surface area (Å²) in [5.41, 5.74) is 0.716. The zero-order valence-corrected chi connectivity index (χ0v) is 11.5. The Bertz CT molecular complexity index is 661. The quantitative estimate of drug-likeness (QED) is 0.487. The Morgan fingerprint density at radius 3 is 2.65 bits per heavy atom. The molecule has 0 atom stereocenters. The Morgan fingerprint density at radius 1 is 1.25 bits per heavy atom. The molecule has 1 aromatic carbocycles. The van der Waals surface area contributed by atoms with Gasteiger partial charge in [-0.2, -0.15) is 0 Å². The highest BCUT2D eigenvalue weighted by Gasteiger charge is 2.14. The molecule has 0 fully saturated rings. The van der Waals surface area contributed by atoms with Crippen molar-refractivity contribution in [3.8, 4) is 17.2 Å². The Hall–Kier alpha value is -2.34. The van der Waals surface area contributed by atoms with E-state index in [-0.39, 0.29) is 11.4 Å². The molecule has 7 heteroatoms. The molecule has 0 amide bonds. The van der Waals surface area contributed by atoms with E-state index in [1.807, 2.05) is 6.92 Å². The summed E-state index contributed by atoms with van der Waals surface area (Å²) in [5.74, 6) is 1.15. The molecule has 0 spiro atoms. The number of rotatable bonds is 4. The van der Waals surface area contributed by atoms with E-state index in [9.17, 15) is 10.1 Å². The van der Waals surface area contributed by atoms with Crippen molar-refractivity contribution in [3.63, 3.8) is 0 Å². The van der Waals surface area contributed by atoms with Crippen molar-refractivity contribution in [1.82, 2.24) is 4.98 Å². The fourth-order valence-corrected chi connectivity index (χ4v) is 1.71. The number of hydrogen-bond acceptors (Lipinski definition) is 5. The van der Waals surface area contributed by atoms with E-state index in [1.54, 1.807) is 12.3 Å². The molecule has 0 aliphatic heterocycles. The SMILES string of the molecule is COc1cc([N+](=O)[O-])ccc1Oc1cc(Cl)ncc1C. The van der Waals surface area contributed by atoms with Crippen molar-refractivity contribution in [3.05, 3.63) is 51.3 Å². The van der Waals surface area contributed by atoms with Gasteiger partial charge in [0.1, 0.15) is 10.9 Å². The lowest BCUT2D eigenvalue weighted by molar-refractivity contribution is -0.384. The monoisotopic (exact) mass is 294 g/mol. The number of hydrogen-bond donors (Lipinski definition) is 0. The van der Waals surface area contributed by atoms with Gasteiger partial charge in [-0.05, 0) is 13.0 Å². The Balaban J connectivity index is 2.38. The number of halogens is 1. The summed E-state index contributed by atoms with van der Waals surface area (Å²) in [6.07, 6.45) is 1.58. The van der Waals surface area contributed by atoms with Crippen molar-refractivity contribution in [1.29, 1.82) is 0 Å². The molecule has 0 radical (unpaired) electrons. The van der Waals surface area contributed by atoms with E-state index in [2.05, 4.69) is 4.98 Å². The van der Waals surface area contributed by atoms with E-state index in [1.165, 1.54) is 25.3 Å². The maximum Gasteiger partial charge on any atom is 0.273 e. The molecule has 104 valence electrons. The van der Waals surface area contributed by atoms with Crippen molar-refractivity contribution < 1.29 is 14.4 Å². The van der Waals surface area contributed by atoms with Crippen LogP contribution in [0, 0.1) is 17.0 Å². The van der Waals surface area contributed by atoms with Gasteiger partial charge in [0.05, 0.1) is 18.1 Å². The number of aromatic nitrogens is 1. The van der Waals surface area contributed by atoms with Crippen molar-refractivity contribution >= 4 is 17.3 Å². The second-order valence-corrected chi connectivity index (χ2v) is 4.35. The van der Waals surface area contributed by atoms with Gasteiger partial charge in [-0.25, -0.2) is 4.98 Å². The second-order valence-electron chi connectivity index (χ2n) is 3.97. The Kier molecular flexibility index (Phi) is 4.05. The van der Waals surface area contributed by atoms with Crippen LogP contribution >= 0.6 is 11.6 Å². The zero-order chi connectivity index (χ0) is 14.7. The first-order valence-electron chi connectivity index (χ1n) is 5.63. The smallest absolute Gasteiger partial charge is 0.273 e. The minimum atomic E-state index is -0.499. The molecule has 0 N–H and O–H groups in total. The molecule has 0 aliphatic carbocycles. The number of nitro groups is 1. The predicted octanol–water partition coefficient (Wildman–Crippen LogP) is 3.75. The number of non-ortho nitro benzene ring substituents is 1. The van der Waals surface area contributed by atoms with Crippen LogP contribution in [0.4, 0.5) is 5.69 Å². The molecular formula is C13H11ClN2O4. The molecule has 20 heavy (non-hydrogen) atoms. The molecule has 6 nitrogen and oxygen atoms in total. The van der Waals surface area contributed by atoms with Gasteiger partial charge in [-0.1, -0.05) is 11.6 Å². The number of benzene rings is 1. The Morgan fingerprint density at radius 2 is 2.00 bits per heavy atom. The van der Waals surface area contributed by atoms with Gasteiger partial charge in [-0.15, -0.1) is 0 Å². The number of pyridine rings is 1. The van der Waals surface area contributed by atoms with Crippen molar-refractivity contribution in [2.45, 2.75) is 6.92 Å². The van der Waals surface area contributed by atoms with Gasteiger partial charge >= 0.3 is 0 Å². The summed E-state index contributed by atoms with van der Waals surface area (Å²) in [7, 11) is 1.41. The highest BCUT2D eigenvalue weighted by atomic mass is 35.5. The average molecular weight is 295 g/mol. The maximum atomic E-state index is 10.7. The van der Waals surface area contributed by atoms with Crippen LogP contribution in [0.2, 0.25) is 5.15 Å². The molecule has 1 heterocycles. The molecule has 0 aliphatic rings. The van der Waals surface area contributed by atoms with Gasteiger partial charge in [0, 0.05) is 23.9 Å². The van der Waals surface area contributed by atoms with E-state index in [0.717, 1.165) is 5.56 Å². The lowest BCUT2D eigenvalue weighted by Gasteiger charge is -2.11. The minimum absolute atomic E-state index is 0.0707. The van der Waals surface area contributed by atoms with Gasteiger partial charge < -0.3 is 9.47 Å². The molecule has 0 bridgehead atoms. The number of nitrogens with zero attached hydrogens (tertiary/aromatic N) is 2. The first kappa shape index (κ1) is 14.1. The van der Waals surface area contributed by atoms with Crippen LogP contribution in [-0.4, -0.2) is 17.0 Å². The topological polar surface area (TPSA) is 74.5 Å². The number of methoxy groups -OCH3 is 1. The Labute approximate surface area is 120 Å². The van der Waals surface area contributed by atoms with E-state index in [0.29, 0.717) is 16.7 Å². The van der Waals surface area contributed by atoms with E-state index < -0.39 is 4.92 Å². The molecular weight excluding hydrogens is 284 g/mol. The summed E-state index contributed by atoms with van der Waals surface area (Å²) in [6.45, 7) is 1.82. The maximum absolute atomic E-state index is 10.7. The normalized spacial score (nSPS) is 10.2. The molecule has 0 saturated heterocycles. The van der Waals surface area contributed by atoms with Crippen LogP contribution in [0.15, 0.2) is 30.5 Å². The third kappa shape index (κ3) is 2.97. The molecule has 0 saturated carbocycles. The highest BCUT2D eigenvalue weighted by Crippen LogP contribution is 2.35.